The fourth-order valence-corrected chi connectivity index (χ4v) is 2.57. The summed E-state index contributed by atoms with van der Waals surface area (Å²) >= 11 is 0. The quantitative estimate of drug-likeness (QED) is 0.680. The first kappa shape index (κ1) is 13.8. The summed E-state index contributed by atoms with van der Waals surface area (Å²) in [7, 11) is 0. The van der Waals surface area contributed by atoms with Crippen molar-refractivity contribution >= 4 is 16.6 Å². The number of carbonyl (C=O) groups is 1. The van der Waals surface area contributed by atoms with E-state index in [4.69, 9.17) is 0 Å². The lowest BCUT2D eigenvalue weighted by atomic mass is 9.87. The van der Waals surface area contributed by atoms with Gasteiger partial charge in [-0.2, -0.15) is 0 Å². The maximum atomic E-state index is 11.9. The van der Waals surface area contributed by atoms with Crippen molar-refractivity contribution in [2.75, 3.05) is 0 Å². The van der Waals surface area contributed by atoms with Crippen LogP contribution in [0.3, 0.4) is 0 Å². The lowest BCUT2D eigenvalue weighted by Gasteiger charge is -2.17. The number of hydrogen-bond acceptors (Lipinski definition) is 1. The monoisotopic (exact) mass is 254 g/mol. The molecule has 2 rings (SSSR count). The molecule has 1 nitrogen and oxygen atoms in total. The van der Waals surface area contributed by atoms with E-state index < -0.39 is 0 Å². The molecule has 0 spiro atoms. The van der Waals surface area contributed by atoms with Gasteiger partial charge in [-0.05, 0) is 40.7 Å². The lowest BCUT2D eigenvalue weighted by molar-refractivity contribution is 0.101. The molecule has 2 aromatic rings. The zero-order valence-corrected chi connectivity index (χ0v) is 12.4. The van der Waals surface area contributed by atoms with E-state index in [1.807, 2.05) is 12.1 Å². The van der Waals surface area contributed by atoms with Gasteiger partial charge in [0.25, 0.3) is 0 Å². The van der Waals surface area contributed by atoms with E-state index in [0.29, 0.717) is 11.8 Å². The maximum absolute atomic E-state index is 11.9. The molecule has 0 bridgehead atoms. The van der Waals surface area contributed by atoms with Crippen molar-refractivity contribution in [2.24, 2.45) is 0 Å². The van der Waals surface area contributed by atoms with Crippen LogP contribution in [0.25, 0.3) is 10.8 Å². The van der Waals surface area contributed by atoms with E-state index >= 15 is 0 Å². The van der Waals surface area contributed by atoms with Gasteiger partial charge in [0.05, 0.1) is 0 Å². The van der Waals surface area contributed by atoms with Gasteiger partial charge < -0.3 is 0 Å². The molecule has 1 heteroatoms. The van der Waals surface area contributed by atoms with Gasteiger partial charge in [-0.1, -0.05) is 58.0 Å². The van der Waals surface area contributed by atoms with Crippen molar-refractivity contribution in [1.29, 1.82) is 0 Å². The van der Waals surface area contributed by atoms with Gasteiger partial charge in [-0.25, -0.2) is 0 Å². The summed E-state index contributed by atoms with van der Waals surface area (Å²) in [6.07, 6.45) is 0. The molecule has 0 fully saturated rings. The minimum Gasteiger partial charge on any atom is -0.294 e. The molecule has 0 aliphatic rings. The predicted molar refractivity (Wildman–Crippen MR) is 82.1 cm³/mol. The van der Waals surface area contributed by atoms with Crippen LogP contribution < -0.4 is 0 Å². The summed E-state index contributed by atoms with van der Waals surface area (Å²) < 4.78 is 0. The van der Waals surface area contributed by atoms with Crippen LogP contribution in [-0.2, 0) is 0 Å². The number of fused-ring (bicyclic) bond motifs is 1. The van der Waals surface area contributed by atoms with Gasteiger partial charge in [0.1, 0.15) is 0 Å². The molecule has 0 radical (unpaired) electrons. The standard InChI is InChI=1S/C18H22O/c1-11(2)15-9-14-7-6-8-16(13(5)19)18(14)17(10-15)12(3)4/h6-12H,1-5H3. The molecule has 0 atom stereocenters. The summed E-state index contributed by atoms with van der Waals surface area (Å²) in [5.41, 5.74) is 3.47. The second kappa shape index (κ2) is 5.16. The van der Waals surface area contributed by atoms with Crippen LogP contribution in [-0.4, -0.2) is 5.78 Å². The maximum Gasteiger partial charge on any atom is 0.160 e. The molecule has 0 aliphatic heterocycles. The van der Waals surface area contributed by atoms with Crippen LogP contribution in [0.15, 0.2) is 30.3 Å². The molecule has 0 aromatic heterocycles. The highest BCUT2D eigenvalue weighted by Crippen LogP contribution is 2.32. The van der Waals surface area contributed by atoms with Gasteiger partial charge in [0.15, 0.2) is 5.78 Å². The van der Waals surface area contributed by atoms with Crippen molar-refractivity contribution in [1.82, 2.24) is 0 Å². The first-order valence-electron chi connectivity index (χ1n) is 6.99. The first-order chi connectivity index (χ1) is 8.91. The van der Waals surface area contributed by atoms with Crippen LogP contribution in [0.1, 0.15) is 67.9 Å². The predicted octanol–water partition coefficient (Wildman–Crippen LogP) is 5.29. The Kier molecular flexibility index (Phi) is 3.75. The van der Waals surface area contributed by atoms with Crippen LogP contribution in [0, 0.1) is 0 Å². The number of rotatable bonds is 3. The van der Waals surface area contributed by atoms with E-state index in [9.17, 15) is 4.79 Å². The summed E-state index contributed by atoms with van der Waals surface area (Å²) in [6, 6.07) is 10.5. The molecule has 19 heavy (non-hydrogen) atoms. The van der Waals surface area contributed by atoms with Gasteiger partial charge in [0.2, 0.25) is 0 Å². The summed E-state index contributed by atoms with van der Waals surface area (Å²) in [4.78, 5) is 11.9. The van der Waals surface area contributed by atoms with Crippen LogP contribution >= 0.6 is 0 Å². The lowest BCUT2D eigenvalue weighted by Crippen LogP contribution is -2.01. The van der Waals surface area contributed by atoms with Crippen molar-refractivity contribution in [3.63, 3.8) is 0 Å². The zero-order chi connectivity index (χ0) is 14.2. The third-order valence-electron chi connectivity index (χ3n) is 3.70. The van der Waals surface area contributed by atoms with Gasteiger partial charge in [0, 0.05) is 5.56 Å². The van der Waals surface area contributed by atoms with Crippen LogP contribution in [0.5, 0.6) is 0 Å². The first-order valence-corrected chi connectivity index (χ1v) is 6.99. The topological polar surface area (TPSA) is 17.1 Å². The Labute approximate surface area is 115 Å². The third kappa shape index (κ3) is 2.56. The largest absolute Gasteiger partial charge is 0.294 e. The summed E-state index contributed by atoms with van der Waals surface area (Å²) in [5, 5.41) is 2.32. The Morgan fingerprint density at radius 1 is 1.00 bits per heavy atom. The summed E-state index contributed by atoms with van der Waals surface area (Å²) in [5.74, 6) is 1.06. The minimum atomic E-state index is 0.143. The average Bonchev–Trinajstić information content (AvgIpc) is 2.36. The van der Waals surface area contributed by atoms with Crippen LogP contribution in [0.4, 0.5) is 0 Å². The van der Waals surface area contributed by atoms with Gasteiger partial charge in [-0.3, -0.25) is 4.79 Å². The molecule has 0 amide bonds. The fraction of sp³-hybridized carbons (Fsp3) is 0.389. The van der Waals surface area contributed by atoms with E-state index in [2.05, 4.69) is 45.9 Å². The average molecular weight is 254 g/mol. The molecule has 2 aromatic carbocycles. The zero-order valence-electron chi connectivity index (χ0n) is 12.4. The Bertz CT molecular complexity index is 621. The highest BCUT2D eigenvalue weighted by molar-refractivity contribution is 6.08. The van der Waals surface area contributed by atoms with Gasteiger partial charge >= 0.3 is 0 Å². The molecular weight excluding hydrogens is 232 g/mol. The van der Waals surface area contributed by atoms with Crippen molar-refractivity contribution in [2.45, 2.75) is 46.5 Å². The Hall–Kier alpha value is -1.63. The smallest absolute Gasteiger partial charge is 0.160 e. The van der Waals surface area contributed by atoms with Gasteiger partial charge in [-0.15, -0.1) is 0 Å². The molecule has 0 saturated heterocycles. The van der Waals surface area contributed by atoms with Crippen molar-refractivity contribution < 1.29 is 4.79 Å². The molecule has 0 aliphatic carbocycles. The normalized spacial score (nSPS) is 11.5. The molecular formula is C18H22O. The van der Waals surface area contributed by atoms with E-state index in [1.54, 1.807) is 6.92 Å². The fourth-order valence-electron chi connectivity index (χ4n) is 2.57. The SMILES string of the molecule is CC(=O)c1cccc2cc(C(C)C)cc(C(C)C)c12. The van der Waals surface area contributed by atoms with E-state index in [-0.39, 0.29) is 5.78 Å². The Balaban J connectivity index is 2.87. The number of carbonyl (C=O) groups excluding carboxylic acids is 1. The van der Waals surface area contributed by atoms with Crippen molar-refractivity contribution in [3.05, 3.63) is 47.0 Å². The molecule has 0 heterocycles. The Morgan fingerprint density at radius 2 is 1.68 bits per heavy atom. The number of hydrogen-bond donors (Lipinski definition) is 0. The second-order valence-corrected chi connectivity index (χ2v) is 5.88. The van der Waals surface area contributed by atoms with Crippen LogP contribution in [0.2, 0.25) is 0 Å². The minimum absolute atomic E-state index is 0.143. The number of Topliss-reactive ketones (excluding diaryl/α,β-unsaturated/α-hetero) is 1. The number of ketones is 1. The van der Waals surface area contributed by atoms with E-state index in [0.717, 1.165) is 10.9 Å². The second-order valence-electron chi connectivity index (χ2n) is 5.88. The van der Waals surface area contributed by atoms with E-state index in [1.165, 1.54) is 16.5 Å². The highest BCUT2D eigenvalue weighted by atomic mass is 16.1. The molecule has 0 saturated carbocycles. The summed E-state index contributed by atoms with van der Waals surface area (Å²) in [6.45, 7) is 10.4. The molecule has 0 unspecified atom stereocenters. The molecule has 0 N–H and O–H groups in total. The molecule has 100 valence electrons. The van der Waals surface area contributed by atoms with Crippen molar-refractivity contribution in [3.8, 4) is 0 Å². The number of benzene rings is 2. The Morgan fingerprint density at radius 3 is 2.21 bits per heavy atom. The highest BCUT2D eigenvalue weighted by Gasteiger charge is 2.14. The third-order valence-corrected chi connectivity index (χ3v) is 3.70.